The number of halogens is 3. The first kappa shape index (κ1) is 19.5. The van der Waals surface area contributed by atoms with Crippen molar-refractivity contribution < 1.29 is 18.0 Å². The summed E-state index contributed by atoms with van der Waals surface area (Å²) in [5, 5.41) is 0. The lowest BCUT2D eigenvalue weighted by atomic mass is 10.1. The number of aromatic nitrogens is 2. The molecule has 0 saturated carbocycles. The molecule has 0 bridgehead atoms. The number of H-pyrrole nitrogens is 1. The van der Waals surface area contributed by atoms with E-state index in [0.29, 0.717) is 21.1 Å². The summed E-state index contributed by atoms with van der Waals surface area (Å²) in [6.07, 6.45) is -4.44. The number of fused-ring (bicyclic) bond motifs is 1. The zero-order valence-electron chi connectivity index (χ0n) is 14.5. The molecule has 3 aromatic rings. The first-order valence-electron chi connectivity index (χ1n) is 8.14. The Hall–Kier alpha value is -2.26. The van der Waals surface area contributed by atoms with Gasteiger partial charge in [-0.05, 0) is 54.5 Å². The first-order chi connectivity index (χ1) is 12.6. The predicted octanol–water partition coefficient (Wildman–Crippen LogP) is 5.68. The van der Waals surface area contributed by atoms with E-state index in [0.717, 1.165) is 17.6 Å². The van der Waals surface area contributed by atoms with Gasteiger partial charge in [0, 0.05) is 12.1 Å². The van der Waals surface area contributed by atoms with E-state index >= 15 is 0 Å². The van der Waals surface area contributed by atoms with E-state index in [1.807, 2.05) is 13.8 Å². The molecule has 2 aromatic heterocycles. The second kappa shape index (κ2) is 7.40. The van der Waals surface area contributed by atoms with Crippen LogP contribution >= 0.6 is 23.6 Å². The van der Waals surface area contributed by atoms with Gasteiger partial charge in [-0.25, -0.2) is 4.98 Å². The molecule has 0 radical (unpaired) electrons. The van der Waals surface area contributed by atoms with Crippen molar-refractivity contribution in [3.63, 3.8) is 0 Å². The predicted molar refractivity (Wildman–Crippen MR) is 103 cm³/mol. The number of thiazole rings is 1. The number of anilines is 1. The SMILES string of the molecule is CC(C)CN(C(=O)c1ccc(C(F)(F)F)cc1)c1ccc2[nH]c(=S)sc2n1. The quantitative estimate of drug-likeness (QED) is 0.562. The summed E-state index contributed by atoms with van der Waals surface area (Å²) < 4.78 is 38.8. The summed E-state index contributed by atoms with van der Waals surface area (Å²) in [7, 11) is 0. The molecule has 2 heterocycles. The van der Waals surface area contributed by atoms with Crippen LogP contribution in [0.4, 0.5) is 19.0 Å². The third-order valence-electron chi connectivity index (χ3n) is 3.80. The van der Waals surface area contributed by atoms with Crippen LogP contribution in [0.3, 0.4) is 0 Å². The molecule has 0 unspecified atom stereocenters. The number of pyridine rings is 1. The highest BCUT2D eigenvalue weighted by Gasteiger charge is 2.30. The van der Waals surface area contributed by atoms with Crippen molar-refractivity contribution in [2.24, 2.45) is 5.92 Å². The van der Waals surface area contributed by atoms with Crippen LogP contribution in [0, 0.1) is 9.87 Å². The van der Waals surface area contributed by atoms with Gasteiger partial charge >= 0.3 is 6.18 Å². The first-order valence-corrected chi connectivity index (χ1v) is 9.36. The molecule has 27 heavy (non-hydrogen) atoms. The molecule has 0 aliphatic heterocycles. The van der Waals surface area contributed by atoms with Crippen LogP contribution in [0.25, 0.3) is 10.3 Å². The van der Waals surface area contributed by atoms with Crippen LogP contribution in [0.5, 0.6) is 0 Å². The molecule has 4 nitrogen and oxygen atoms in total. The monoisotopic (exact) mass is 411 g/mol. The Labute approximate surface area is 162 Å². The molecule has 0 aliphatic rings. The fraction of sp³-hybridized carbons (Fsp3) is 0.278. The smallest absolute Gasteiger partial charge is 0.336 e. The zero-order valence-corrected chi connectivity index (χ0v) is 16.1. The van der Waals surface area contributed by atoms with E-state index < -0.39 is 17.6 Å². The molecular formula is C18H16F3N3OS2. The Morgan fingerprint density at radius 1 is 1.22 bits per heavy atom. The number of amides is 1. The number of nitrogens with zero attached hydrogens (tertiary/aromatic N) is 2. The number of hydrogen-bond donors (Lipinski definition) is 1. The van der Waals surface area contributed by atoms with Gasteiger partial charge in [0.05, 0.1) is 11.1 Å². The van der Waals surface area contributed by atoms with E-state index in [2.05, 4.69) is 9.97 Å². The van der Waals surface area contributed by atoms with Crippen molar-refractivity contribution in [3.8, 4) is 0 Å². The zero-order chi connectivity index (χ0) is 19.8. The molecule has 3 rings (SSSR count). The number of rotatable bonds is 4. The number of aromatic amines is 1. The molecule has 0 fully saturated rings. The Morgan fingerprint density at radius 2 is 1.89 bits per heavy atom. The number of carbonyl (C=O) groups excluding carboxylic acids is 1. The lowest BCUT2D eigenvalue weighted by Crippen LogP contribution is -2.35. The average molecular weight is 411 g/mol. The molecule has 1 aromatic carbocycles. The summed E-state index contributed by atoms with van der Waals surface area (Å²) in [5.74, 6) is 0.181. The van der Waals surface area contributed by atoms with Gasteiger partial charge < -0.3 is 4.98 Å². The van der Waals surface area contributed by atoms with Gasteiger partial charge in [-0.1, -0.05) is 25.2 Å². The molecule has 0 saturated heterocycles. The Kier molecular flexibility index (Phi) is 5.34. The second-order valence-corrected chi connectivity index (χ2v) is 8.09. The summed E-state index contributed by atoms with van der Waals surface area (Å²) in [4.78, 5) is 22.6. The van der Waals surface area contributed by atoms with Crippen LogP contribution in [-0.2, 0) is 6.18 Å². The Balaban J connectivity index is 1.97. The van der Waals surface area contributed by atoms with E-state index in [1.54, 1.807) is 12.1 Å². The van der Waals surface area contributed by atoms with Gasteiger partial charge in [-0.3, -0.25) is 9.69 Å². The highest BCUT2D eigenvalue weighted by Crippen LogP contribution is 2.30. The molecule has 142 valence electrons. The maximum Gasteiger partial charge on any atom is 0.416 e. The van der Waals surface area contributed by atoms with Crippen molar-refractivity contribution in [2.75, 3.05) is 11.4 Å². The van der Waals surface area contributed by atoms with Crippen LogP contribution in [-0.4, -0.2) is 22.4 Å². The molecule has 0 spiro atoms. The molecule has 9 heteroatoms. The standard InChI is InChI=1S/C18H16F3N3OS2/c1-10(2)9-24(14-8-7-13-15(23-14)27-17(26)22-13)16(25)11-3-5-12(6-4-11)18(19,20)21/h3-8,10H,9H2,1-2H3,(H,22,26). The van der Waals surface area contributed by atoms with Crippen molar-refractivity contribution in [2.45, 2.75) is 20.0 Å². The van der Waals surface area contributed by atoms with Gasteiger partial charge in [0.25, 0.3) is 5.91 Å². The number of alkyl halides is 3. The molecular weight excluding hydrogens is 395 g/mol. The average Bonchev–Trinajstić information content (AvgIpc) is 2.97. The lowest BCUT2D eigenvalue weighted by molar-refractivity contribution is -0.137. The number of benzene rings is 1. The van der Waals surface area contributed by atoms with E-state index in [9.17, 15) is 18.0 Å². The van der Waals surface area contributed by atoms with Gasteiger partial charge in [0.15, 0.2) is 3.95 Å². The number of carbonyl (C=O) groups is 1. The molecule has 1 amide bonds. The van der Waals surface area contributed by atoms with Crippen LogP contribution < -0.4 is 4.90 Å². The minimum absolute atomic E-state index is 0.144. The summed E-state index contributed by atoms with van der Waals surface area (Å²) in [5.41, 5.74) is 0.161. The van der Waals surface area contributed by atoms with Crippen molar-refractivity contribution in [3.05, 3.63) is 51.5 Å². The second-order valence-electron chi connectivity index (χ2n) is 6.42. The van der Waals surface area contributed by atoms with Crippen LogP contribution in [0.2, 0.25) is 0 Å². The molecule has 0 atom stereocenters. The fourth-order valence-corrected chi connectivity index (χ4v) is 3.63. The largest absolute Gasteiger partial charge is 0.416 e. The van der Waals surface area contributed by atoms with E-state index in [-0.39, 0.29) is 11.5 Å². The third-order valence-corrected chi connectivity index (χ3v) is 4.94. The van der Waals surface area contributed by atoms with E-state index in [1.165, 1.54) is 28.4 Å². The minimum Gasteiger partial charge on any atom is -0.336 e. The van der Waals surface area contributed by atoms with Crippen LogP contribution in [0.1, 0.15) is 29.8 Å². The van der Waals surface area contributed by atoms with E-state index in [4.69, 9.17) is 12.2 Å². The highest BCUT2D eigenvalue weighted by molar-refractivity contribution is 7.73. The van der Waals surface area contributed by atoms with Crippen molar-refractivity contribution in [1.29, 1.82) is 0 Å². The van der Waals surface area contributed by atoms with Crippen LogP contribution in [0.15, 0.2) is 36.4 Å². The maximum absolute atomic E-state index is 13.0. The minimum atomic E-state index is -4.44. The van der Waals surface area contributed by atoms with Gasteiger partial charge in [-0.15, -0.1) is 0 Å². The highest BCUT2D eigenvalue weighted by atomic mass is 32.1. The van der Waals surface area contributed by atoms with Crippen molar-refractivity contribution in [1.82, 2.24) is 9.97 Å². The normalized spacial score (nSPS) is 11.9. The maximum atomic E-state index is 13.0. The summed E-state index contributed by atoms with van der Waals surface area (Å²) >= 11 is 6.41. The Morgan fingerprint density at radius 3 is 2.48 bits per heavy atom. The van der Waals surface area contributed by atoms with Gasteiger partial charge in [-0.2, -0.15) is 13.2 Å². The summed E-state index contributed by atoms with van der Waals surface area (Å²) in [6.45, 7) is 4.28. The van der Waals surface area contributed by atoms with Gasteiger partial charge in [0.1, 0.15) is 10.6 Å². The Bertz CT molecular complexity index is 1020. The molecule has 0 aliphatic carbocycles. The van der Waals surface area contributed by atoms with Crippen molar-refractivity contribution >= 4 is 45.6 Å². The fourth-order valence-electron chi connectivity index (χ4n) is 2.58. The van der Waals surface area contributed by atoms with Gasteiger partial charge in [0.2, 0.25) is 0 Å². The topological polar surface area (TPSA) is 49.0 Å². The summed E-state index contributed by atoms with van der Waals surface area (Å²) in [6, 6.07) is 7.70. The lowest BCUT2D eigenvalue weighted by Gasteiger charge is -2.24. The number of nitrogens with one attached hydrogen (secondary N) is 1. The molecule has 1 N–H and O–H groups in total. The third kappa shape index (κ3) is 4.36. The number of hydrogen-bond acceptors (Lipinski definition) is 4.